The molecule has 0 bridgehead atoms. The second kappa shape index (κ2) is 16.8. The number of nitrogens with zero attached hydrogens (tertiary/aromatic N) is 3. The number of nitrogen functional groups attached to an aromatic ring is 1. The van der Waals surface area contributed by atoms with Crippen LogP contribution in [0.2, 0.25) is 5.02 Å². The van der Waals surface area contributed by atoms with Gasteiger partial charge in [0.2, 0.25) is 5.91 Å². The van der Waals surface area contributed by atoms with Gasteiger partial charge >= 0.3 is 0 Å². The number of carbonyl (C=O) groups is 3. The highest BCUT2D eigenvalue weighted by Crippen LogP contribution is 2.38. The molecule has 1 atom stereocenters. The number of rotatable bonds is 14. The number of aromatic nitrogens is 1. The van der Waals surface area contributed by atoms with E-state index in [9.17, 15) is 23.2 Å². The molecule has 2 fully saturated rings. The lowest BCUT2D eigenvalue weighted by Crippen LogP contribution is -2.51. The summed E-state index contributed by atoms with van der Waals surface area (Å²) in [5.41, 5.74) is 6.33. The van der Waals surface area contributed by atoms with Gasteiger partial charge in [-0.3, -0.25) is 14.4 Å². The molecule has 1 aliphatic carbocycles. The lowest BCUT2D eigenvalue weighted by Gasteiger charge is -2.37. The lowest BCUT2D eigenvalue weighted by molar-refractivity contribution is -0.136. The summed E-state index contributed by atoms with van der Waals surface area (Å²) in [6.07, 6.45) is 5.65. The molecule has 2 aromatic carbocycles. The van der Waals surface area contributed by atoms with E-state index in [1.807, 2.05) is 4.90 Å². The Morgan fingerprint density at radius 3 is 2.25 bits per heavy atom. The van der Waals surface area contributed by atoms with E-state index in [-0.39, 0.29) is 50.4 Å². The maximum absolute atomic E-state index is 14.5. The molecule has 0 radical (unpaired) electrons. The number of piperazine rings is 1. The molecule has 0 unspecified atom stereocenters. The summed E-state index contributed by atoms with van der Waals surface area (Å²) in [5, 5.41) is 2.48. The first-order valence-corrected chi connectivity index (χ1v) is 18.5. The van der Waals surface area contributed by atoms with Gasteiger partial charge in [0.15, 0.2) is 17.4 Å². The largest absolute Gasteiger partial charge is 0.482 e. The van der Waals surface area contributed by atoms with Crippen LogP contribution in [0.3, 0.4) is 0 Å². The van der Waals surface area contributed by atoms with Gasteiger partial charge in [0, 0.05) is 50.0 Å². The minimum atomic E-state index is -1.13. The van der Waals surface area contributed by atoms with Crippen LogP contribution in [0, 0.1) is 28.4 Å². The van der Waals surface area contributed by atoms with Crippen molar-refractivity contribution >= 4 is 40.8 Å². The van der Waals surface area contributed by atoms with Crippen LogP contribution in [0.5, 0.6) is 5.75 Å². The van der Waals surface area contributed by atoms with Crippen molar-refractivity contribution in [1.82, 2.24) is 14.8 Å². The monoisotopic (exact) mass is 753 g/mol. The summed E-state index contributed by atoms with van der Waals surface area (Å²) in [4.78, 5) is 47.1. The Bertz CT molecular complexity index is 1790. The average molecular weight is 754 g/mol. The Hall–Kier alpha value is -4.29. The van der Waals surface area contributed by atoms with Crippen LogP contribution in [0.15, 0.2) is 48.7 Å². The summed E-state index contributed by atoms with van der Waals surface area (Å²) in [5.74, 6) is -1.75. The number of hydrogen-bond donors (Lipinski definition) is 2. The van der Waals surface area contributed by atoms with Crippen molar-refractivity contribution in [2.45, 2.75) is 72.8 Å². The first-order chi connectivity index (χ1) is 25.0. The number of amides is 3. The Balaban J connectivity index is 1.09. The highest BCUT2D eigenvalue weighted by Gasteiger charge is 2.32. The highest BCUT2D eigenvalue weighted by atomic mass is 35.5. The smallest absolute Gasteiger partial charge is 0.257 e. The van der Waals surface area contributed by atoms with E-state index in [4.69, 9.17) is 26.8 Å². The standard InChI is InChI=1S/C40H50ClF2N5O5/c1-25(34-31(42)14-13-30(41)35(34)43)53-32-19-28(22-45-36(32)44)37(50)46-29-11-9-27(10-12-29)38(51)48-17-15-47(16-18-48)33(49)21-40(4,5)24-52-23-39(2,3)20-26-7-6-8-26/h9-14,19,22,25-26H,6-8,15-18,20-21,23-24H2,1-5H3,(H2,44,45)(H,46,50)/t25-/m1/s1. The molecule has 5 rings (SSSR count). The van der Waals surface area contributed by atoms with E-state index >= 15 is 0 Å². The number of nitrogens with two attached hydrogens (primary N) is 1. The van der Waals surface area contributed by atoms with E-state index in [0.29, 0.717) is 57.1 Å². The summed E-state index contributed by atoms with van der Waals surface area (Å²) >= 11 is 5.82. The fraction of sp³-hybridized carbons (Fsp3) is 0.500. The van der Waals surface area contributed by atoms with E-state index < -0.39 is 23.6 Å². The number of hydrogen-bond acceptors (Lipinski definition) is 7. The molecule has 3 amide bonds. The molecule has 1 aromatic heterocycles. The molecular formula is C40H50ClF2N5O5. The van der Waals surface area contributed by atoms with Crippen molar-refractivity contribution in [2.75, 3.05) is 50.4 Å². The maximum Gasteiger partial charge on any atom is 0.257 e. The average Bonchev–Trinajstić information content (AvgIpc) is 3.09. The third kappa shape index (κ3) is 10.4. The van der Waals surface area contributed by atoms with Crippen molar-refractivity contribution in [2.24, 2.45) is 16.7 Å². The van der Waals surface area contributed by atoms with Gasteiger partial charge in [-0.25, -0.2) is 13.8 Å². The van der Waals surface area contributed by atoms with Gasteiger partial charge in [0.1, 0.15) is 11.9 Å². The Kier molecular flexibility index (Phi) is 12.7. The van der Waals surface area contributed by atoms with Crippen LogP contribution in [0.4, 0.5) is 20.3 Å². The number of pyridine rings is 1. The van der Waals surface area contributed by atoms with Gasteiger partial charge in [0.05, 0.1) is 29.4 Å². The number of anilines is 2. The van der Waals surface area contributed by atoms with Gasteiger partial charge < -0.3 is 30.3 Å². The van der Waals surface area contributed by atoms with E-state index in [2.05, 4.69) is 38.0 Å². The van der Waals surface area contributed by atoms with Gasteiger partial charge in [-0.1, -0.05) is 58.6 Å². The van der Waals surface area contributed by atoms with Gasteiger partial charge in [0.25, 0.3) is 11.8 Å². The molecule has 1 saturated heterocycles. The zero-order valence-corrected chi connectivity index (χ0v) is 31.9. The number of benzene rings is 2. The SMILES string of the molecule is C[C@@H](Oc1cc(C(=O)Nc2ccc(C(=O)N3CCN(C(=O)CC(C)(C)COCC(C)(C)CC4CCC4)CC3)cc2)cnc1N)c1c(F)ccc(Cl)c1F. The van der Waals surface area contributed by atoms with Crippen LogP contribution in [-0.4, -0.2) is 71.9 Å². The number of halogens is 3. The summed E-state index contributed by atoms with van der Waals surface area (Å²) in [7, 11) is 0. The minimum absolute atomic E-state index is 0.0433. The minimum Gasteiger partial charge on any atom is -0.482 e. The molecule has 0 spiro atoms. The lowest BCUT2D eigenvalue weighted by atomic mass is 9.74. The molecule has 2 aliphatic rings. The van der Waals surface area contributed by atoms with Crippen molar-refractivity contribution in [3.05, 3.63) is 82.0 Å². The molecule has 13 heteroatoms. The molecule has 286 valence electrons. The molecule has 2 heterocycles. The summed E-state index contributed by atoms with van der Waals surface area (Å²) in [6.45, 7) is 13.0. The second-order valence-corrected chi connectivity index (χ2v) is 16.2. The van der Waals surface area contributed by atoms with Gasteiger partial charge in [-0.05, 0) is 72.6 Å². The van der Waals surface area contributed by atoms with E-state index in [1.165, 1.54) is 44.9 Å². The van der Waals surface area contributed by atoms with Crippen molar-refractivity contribution < 1.29 is 32.6 Å². The highest BCUT2D eigenvalue weighted by molar-refractivity contribution is 6.30. The first-order valence-electron chi connectivity index (χ1n) is 18.1. The van der Waals surface area contributed by atoms with Crippen LogP contribution < -0.4 is 15.8 Å². The van der Waals surface area contributed by atoms with Gasteiger partial charge in [-0.15, -0.1) is 0 Å². The van der Waals surface area contributed by atoms with Gasteiger partial charge in [-0.2, -0.15) is 0 Å². The molecular weight excluding hydrogens is 704 g/mol. The predicted molar refractivity (Wildman–Crippen MR) is 201 cm³/mol. The maximum atomic E-state index is 14.5. The first kappa shape index (κ1) is 39.9. The van der Waals surface area contributed by atoms with E-state index in [1.54, 1.807) is 29.2 Å². The number of ether oxygens (including phenoxy) is 2. The van der Waals surface area contributed by atoms with Crippen molar-refractivity contribution in [1.29, 1.82) is 0 Å². The van der Waals surface area contributed by atoms with E-state index in [0.717, 1.165) is 18.1 Å². The second-order valence-electron chi connectivity index (χ2n) is 15.8. The number of nitrogens with one attached hydrogen (secondary N) is 1. The summed E-state index contributed by atoms with van der Waals surface area (Å²) in [6, 6.07) is 9.93. The molecule has 53 heavy (non-hydrogen) atoms. The van der Waals surface area contributed by atoms with Crippen LogP contribution in [-0.2, 0) is 9.53 Å². The number of carbonyl (C=O) groups excluding carboxylic acids is 3. The molecule has 1 saturated carbocycles. The fourth-order valence-electron chi connectivity index (χ4n) is 6.79. The van der Waals surface area contributed by atoms with Crippen LogP contribution in [0.25, 0.3) is 0 Å². The molecule has 1 aliphatic heterocycles. The molecule has 3 aromatic rings. The summed E-state index contributed by atoms with van der Waals surface area (Å²) < 4.78 is 40.7. The van der Waals surface area contributed by atoms with Crippen LogP contribution in [0.1, 0.15) is 99.1 Å². The Morgan fingerprint density at radius 1 is 0.962 bits per heavy atom. The normalized spacial score (nSPS) is 15.8. The molecule has 3 N–H and O–H groups in total. The Labute approximate surface area is 315 Å². The Morgan fingerprint density at radius 2 is 1.60 bits per heavy atom. The topological polar surface area (TPSA) is 127 Å². The third-order valence-corrected chi connectivity index (χ3v) is 10.2. The quantitative estimate of drug-likeness (QED) is 0.160. The molecule has 10 nitrogen and oxygen atoms in total. The van der Waals surface area contributed by atoms with Crippen molar-refractivity contribution in [3.63, 3.8) is 0 Å². The predicted octanol–water partition coefficient (Wildman–Crippen LogP) is 7.92. The van der Waals surface area contributed by atoms with Crippen molar-refractivity contribution in [3.8, 4) is 5.75 Å². The van der Waals surface area contributed by atoms with Crippen LogP contribution >= 0.6 is 11.6 Å². The third-order valence-electron chi connectivity index (χ3n) is 9.92. The fourth-order valence-corrected chi connectivity index (χ4v) is 6.96. The zero-order chi connectivity index (χ0) is 38.5. The zero-order valence-electron chi connectivity index (χ0n) is 31.1.